The van der Waals surface area contributed by atoms with E-state index in [1.807, 2.05) is 26.0 Å². The number of benzene rings is 1. The van der Waals surface area contributed by atoms with Crippen molar-refractivity contribution in [1.82, 2.24) is 0 Å². The molecule has 2 radical (unpaired) electrons. The van der Waals surface area contributed by atoms with E-state index in [0.29, 0.717) is 0 Å². The summed E-state index contributed by atoms with van der Waals surface area (Å²) in [7, 11) is 0. The van der Waals surface area contributed by atoms with E-state index in [1.54, 1.807) is 6.92 Å². The number of rotatable bonds is 4. The first-order valence-corrected chi connectivity index (χ1v) is 7.18. The van der Waals surface area contributed by atoms with Crippen LogP contribution in [0.2, 0.25) is 0 Å². The van der Waals surface area contributed by atoms with Crippen LogP contribution in [-0.4, -0.2) is 6.54 Å². The topological polar surface area (TPSA) is 12.0 Å². The molecule has 0 saturated heterocycles. The van der Waals surface area contributed by atoms with E-state index >= 15 is 0 Å². The maximum Gasteiger partial charge on any atom is 0.0315 e. The molecule has 0 spiro atoms. The van der Waals surface area contributed by atoms with E-state index in [4.69, 9.17) is 0 Å². The van der Waals surface area contributed by atoms with E-state index in [2.05, 4.69) is 58.5 Å². The Labute approximate surface area is 166 Å². The number of nitrogens with one attached hydrogen (secondary N) is 1. The Balaban J connectivity index is -0.0000000737. The quantitative estimate of drug-likeness (QED) is 0.320. The summed E-state index contributed by atoms with van der Waals surface area (Å²) in [5.74, 6) is 0. The van der Waals surface area contributed by atoms with E-state index < -0.39 is 0 Å². The van der Waals surface area contributed by atoms with Gasteiger partial charge in [-0.3, -0.25) is 0 Å². The molecule has 0 fully saturated rings. The predicted octanol–water partition coefficient (Wildman–Crippen LogP) is 5.79. The van der Waals surface area contributed by atoms with Gasteiger partial charge in [-0.25, -0.2) is 0 Å². The van der Waals surface area contributed by atoms with Crippen LogP contribution in [-0.2, 0) is 51.2 Å². The van der Waals surface area contributed by atoms with Gasteiger partial charge in [0, 0.05) is 50.4 Å². The molecule has 0 aromatic heterocycles. The Kier molecular flexibility index (Phi) is 51.3. The fraction of sp³-hybridized carbons (Fsp3) is 0.444. The maximum absolute atomic E-state index is 3.80. The Morgan fingerprint density at radius 3 is 1.62 bits per heavy atom. The Morgan fingerprint density at radius 2 is 1.38 bits per heavy atom. The first kappa shape index (κ1) is 33.2. The summed E-state index contributed by atoms with van der Waals surface area (Å²) >= 11 is 0. The largest absolute Gasteiger partial charge is 0.415 e. The third-order valence-electron chi connectivity index (χ3n) is 1.98. The first-order chi connectivity index (χ1) is 9.28. The van der Waals surface area contributed by atoms with Crippen LogP contribution in [0.25, 0.3) is 0 Å². The normalized spacial score (nSPS) is 7.05. The number of hydrogen-bond acceptors (Lipinski definition) is 1. The molecule has 0 unspecified atom stereocenters. The van der Waals surface area contributed by atoms with Gasteiger partial charge in [0.2, 0.25) is 0 Å². The smallest absolute Gasteiger partial charge is 0.0315 e. The molecule has 0 amide bonds. The van der Waals surface area contributed by atoms with Gasteiger partial charge in [0.15, 0.2) is 0 Å². The zero-order valence-electron chi connectivity index (χ0n) is 14.2. The third-order valence-corrected chi connectivity index (χ3v) is 1.98. The maximum atomic E-state index is 3.80. The Morgan fingerprint density at radius 1 is 1.00 bits per heavy atom. The van der Waals surface area contributed by atoms with Crippen LogP contribution in [0.15, 0.2) is 24.3 Å². The first-order valence-electron chi connectivity index (χ1n) is 7.18. The van der Waals surface area contributed by atoms with Crippen molar-refractivity contribution in [2.24, 2.45) is 0 Å². The molecule has 136 valence electrons. The van der Waals surface area contributed by atoms with Crippen LogP contribution >= 0.6 is 0 Å². The van der Waals surface area contributed by atoms with Crippen LogP contribution in [0.1, 0.15) is 46.6 Å². The van der Waals surface area contributed by atoms with Gasteiger partial charge in [0.05, 0.1) is 0 Å². The second kappa shape index (κ2) is 32.4. The van der Waals surface area contributed by atoms with Crippen molar-refractivity contribution in [3.63, 3.8) is 0 Å². The van der Waals surface area contributed by atoms with Gasteiger partial charge >= 0.3 is 0 Å². The minimum absolute atomic E-state index is 0. The van der Waals surface area contributed by atoms with Crippen molar-refractivity contribution < 1.29 is 44.8 Å². The van der Waals surface area contributed by atoms with E-state index in [0.717, 1.165) is 18.7 Å². The van der Waals surface area contributed by atoms with Crippen molar-refractivity contribution in [3.05, 3.63) is 57.0 Å². The van der Waals surface area contributed by atoms with E-state index in [1.165, 1.54) is 12.0 Å². The third kappa shape index (κ3) is 25.8. The van der Waals surface area contributed by atoms with Crippen molar-refractivity contribution in [1.29, 1.82) is 0 Å². The Bertz CT molecular complexity index is 233. The van der Waals surface area contributed by atoms with Crippen LogP contribution in [0.5, 0.6) is 0 Å². The molecule has 1 aromatic rings. The van der Waals surface area contributed by atoms with Gasteiger partial charge in [0.1, 0.15) is 0 Å². The van der Waals surface area contributed by atoms with Gasteiger partial charge in [0.25, 0.3) is 0 Å². The van der Waals surface area contributed by atoms with Gasteiger partial charge in [-0.2, -0.15) is 26.7 Å². The minimum atomic E-state index is 0. The zero-order valence-corrected chi connectivity index (χ0v) is 18.6. The molecule has 3 heteroatoms. The molecule has 0 aliphatic rings. The summed E-state index contributed by atoms with van der Waals surface area (Å²) < 4.78 is 0. The predicted molar refractivity (Wildman–Crippen MR) is 92.0 cm³/mol. The molecule has 1 rings (SSSR count). The zero-order chi connectivity index (χ0) is 15.5. The van der Waals surface area contributed by atoms with Crippen LogP contribution < -0.4 is 5.32 Å². The molecule has 0 bridgehead atoms. The minimum Gasteiger partial charge on any atom is -0.415 e. The molecule has 0 atom stereocenters. The van der Waals surface area contributed by atoms with Crippen molar-refractivity contribution in [2.45, 2.75) is 47.5 Å². The van der Waals surface area contributed by atoms with Crippen LogP contribution in [0, 0.1) is 27.2 Å². The Hall–Kier alpha value is 0.501. The van der Waals surface area contributed by atoms with Gasteiger partial charge in [-0.1, -0.05) is 38.5 Å². The average Bonchev–Trinajstić information content (AvgIpc) is 2.52. The van der Waals surface area contributed by atoms with Crippen LogP contribution in [0.3, 0.4) is 0 Å². The molecule has 0 aliphatic carbocycles. The molecule has 0 aliphatic heterocycles. The average molecular weight is 657 g/mol. The second-order valence-electron chi connectivity index (χ2n) is 3.19. The molecule has 0 saturated carbocycles. The standard InChI is InChI=1S/C10H13N.C4H9.C2H6.C2H5.2Au/c1-3-9-5-7-10(8-6-9)11-4-2;1-3-4-2;2*1-2;;/h5-8,11H,1-4H2;3H,4H2,1-2H3;1-2H3;1H2,2H3;;/q-2;-1;;-1;;. The summed E-state index contributed by atoms with van der Waals surface area (Å²) in [5, 5.41) is 3.13. The summed E-state index contributed by atoms with van der Waals surface area (Å²) in [4.78, 5) is 0. The second-order valence-corrected chi connectivity index (χ2v) is 3.19. The summed E-state index contributed by atoms with van der Waals surface area (Å²) in [5.41, 5.74) is 2.39. The molecular weight excluding hydrogens is 624 g/mol. The van der Waals surface area contributed by atoms with Crippen molar-refractivity contribution in [2.75, 3.05) is 11.9 Å². The molecule has 0 heterocycles. The number of hydrogen-bond donors (Lipinski definition) is 1. The van der Waals surface area contributed by atoms with Crippen molar-refractivity contribution in [3.8, 4) is 0 Å². The SMILES string of the molecule is CC.C[CH-]CC.[Au].[Au].[CH2-]C.[CH2-]CNc1ccc(C[CH2-])cc1. The molecule has 1 N–H and O–H groups in total. The van der Waals surface area contributed by atoms with Gasteiger partial charge in [-0.15, -0.1) is 6.54 Å². The molecule has 1 aromatic carbocycles. The number of anilines is 1. The molecule has 1 nitrogen and oxygen atoms in total. The van der Waals surface area contributed by atoms with Gasteiger partial charge in [-0.05, 0) is 12.1 Å². The fourth-order valence-corrected chi connectivity index (χ4v) is 0.934. The molecular formula is C18H33Au2N-4. The van der Waals surface area contributed by atoms with E-state index in [-0.39, 0.29) is 44.8 Å². The monoisotopic (exact) mass is 657 g/mol. The number of unbranched alkanes of at least 4 members (excludes halogenated alkanes) is 1. The van der Waals surface area contributed by atoms with Crippen molar-refractivity contribution >= 4 is 5.69 Å². The molecule has 21 heavy (non-hydrogen) atoms. The van der Waals surface area contributed by atoms with E-state index in [9.17, 15) is 0 Å². The van der Waals surface area contributed by atoms with Crippen LogP contribution in [0.4, 0.5) is 5.69 Å². The summed E-state index contributed by atoms with van der Waals surface area (Å²) in [6.45, 7) is 21.4. The van der Waals surface area contributed by atoms with Gasteiger partial charge < -0.3 is 32.5 Å². The summed E-state index contributed by atoms with van der Waals surface area (Å²) in [6, 6.07) is 8.24. The fourth-order valence-electron chi connectivity index (χ4n) is 0.934. The summed E-state index contributed by atoms with van der Waals surface area (Å²) in [6.07, 6.45) is 4.17.